The maximum Gasteiger partial charge on any atom is 0.411 e. The molecule has 164 valence electrons. The third-order valence-corrected chi connectivity index (χ3v) is 6.70. The highest BCUT2D eigenvalue weighted by Crippen LogP contribution is 2.44. The number of rotatable bonds is 5. The van der Waals surface area contributed by atoms with Gasteiger partial charge in [-0.25, -0.2) is 4.79 Å². The van der Waals surface area contributed by atoms with E-state index < -0.39 is 6.09 Å². The van der Waals surface area contributed by atoms with E-state index >= 15 is 0 Å². The van der Waals surface area contributed by atoms with Crippen LogP contribution in [0.25, 0.3) is 11.1 Å². The van der Waals surface area contributed by atoms with Crippen LogP contribution in [-0.4, -0.2) is 37.5 Å². The van der Waals surface area contributed by atoms with Gasteiger partial charge in [0.25, 0.3) is 0 Å². The summed E-state index contributed by atoms with van der Waals surface area (Å²) in [7, 11) is 0. The number of fused-ring (bicyclic) bond motifs is 3. The number of aliphatic hydroxyl groups excluding tert-OH is 1. The molecule has 1 aliphatic carbocycles. The quantitative estimate of drug-likeness (QED) is 0.582. The van der Waals surface area contributed by atoms with Gasteiger partial charge in [0.15, 0.2) is 0 Å². The number of piperidine rings is 1. The van der Waals surface area contributed by atoms with E-state index in [1.807, 2.05) is 48.5 Å². The summed E-state index contributed by atoms with van der Waals surface area (Å²) in [6, 6.07) is 24.5. The molecule has 1 saturated heterocycles. The fourth-order valence-corrected chi connectivity index (χ4v) is 4.96. The molecule has 1 aliphatic heterocycles. The highest BCUT2D eigenvalue weighted by Gasteiger charge is 2.29. The van der Waals surface area contributed by atoms with Gasteiger partial charge in [-0.15, -0.1) is 0 Å². The largest absolute Gasteiger partial charge is 0.448 e. The van der Waals surface area contributed by atoms with Crippen molar-refractivity contribution >= 4 is 17.5 Å². The Kier molecular flexibility index (Phi) is 5.82. The van der Waals surface area contributed by atoms with Gasteiger partial charge in [-0.1, -0.05) is 60.7 Å². The standard InChI is InChI=1S/C27H28N2O3/c30-17-19-13-15-29(16-14-19)26-12-6-5-11-25(26)28-27(31)32-18-24-22-9-3-1-7-20(22)21-8-2-4-10-23(21)24/h1-12,19,24,30H,13-18H2,(H,28,31). The van der Waals surface area contributed by atoms with Crippen LogP contribution in [0.4, 0.5) is 16.2 Å². The average molecular weight is 429 g/mol. The van der Waals surface area contributed by atoms with Crippen molar-refractivity contribution < 1.29 is 14.6 Å². The van der Waals surface area contributed by atoms with E-state index in [2.05, 4.69) is 34.5 Å². The predicted molar refractivity (Wildman–Crippen MR) is 127 cm³/mol. The van der Waals surface area contributed by atoms with Crippen molar-refractivity contribution in [2.45, 2.75) is 18.8 Å². The molecule has 0 unspecified atom stereocenters. The molecule has 0 spiro atoms. The van der Waals surface area contributed by atoms with Gasteiger partial charge in [-0.2, -0.15) is 0 Å². The first-order chi connectivity index (χ1) is 15.7. The SMILES string of the molecule is O=C(Nc1ccccc1N1CCC(CO)CC1)OCC1c2ccccc2-c2ccccc21. The minimum atomic E-state index is -0.440. The molecule has 1 fully saturated rings. The van der Waals surface area contributed by atoms with E-state index in [1.54, 1.807) is 0 Å². The summed E-state index contributed by atoms with van der Waals surface area (Å²) in [5.41, 5.74) is 6.59. The molecule has 1 heterocycles. The number of nitrogens with zero attached hydrogens (tertiary/aromatic N) is 1. The normalized spacial score (nSPS) is 15.8. The Bertz CT molecular complexity index is 1060. The van der Waals surface area contributed by atoms with Crippen LogP contribution < -0.4 is 10.2 Å². The van der Waals surface area contributed by atoms with Crippen molar-refractivity contribution in [3.8, 4) is 11.1 Å². The second-order valence-electron chi connectivity index (χ2n) is 8.58. The molecule has 5 heteroatoms. The third kappa shape index (κ3) is 3.96. The minimum Gasteiger partial charge on any atom is -0.448 e. The van der Waals surface area contributed by atoms with Crippen molar-refractivity contribution in [2.75, 3.05) is 36.5 Å². The van der Waals surface area contributed by atoms with Crippen LogP contribution in [-0.2, 0) is 4.74 Å². The van der Waals surface area contributed by atoms with Crippen LogP contribution in [0.3, 0.4) is 0 Å². The van der Waals surface area contributed by atoms with Crippen LogP contribution in [0, 0.1) is 5.92 Å². The maximum atomic E-state index is 12.7. The van der Waals surface area contributed by atoms with Gasteiger partial charge in [0, 0.05) is 25.6 Å². The molecule has 5 nitrogen and oxygen atoms in total. The molecule has 3 aromatic carbocycles. The smallest absolute Gasteiger partial charge is 0.411 e. The number of carbonyl (C=O) groups excluding carboxylic acids is 1. The lowest BCUT2D eigenvalue weighted by Gasteiger charge is -2.34. The van der Waals surface area contributed by atoms with Crippen LogP contribution in [0.15, 0.2) is 72.8 Å². The molecule has 0 aromatic heterocycles. The predicted octanol–water partition coefficient (Wildman–Crippen LogP) is 5.26. The van der Waals surface area contributed by atoms with Crippen molar-refractivity contribution in [3.05, 3.63) is 83.9 Å². The molecule has 32 heavy (non-hydrogen) atoms. The lowest BCUT2D eigenvalue weighted by Crippen LogP contribution is -2.35. The molecule has 2 N–H and O–H groups in total. The first-order valence-electron chi connectivity index (χ1n) is 11.3. The van der Waals surface area contributed by atoms with Gasteiger partial charge in [-0.3, -0.25) is 5.32 Å². The Morgan fingerprint density at radius 1 is 0.906 bits per heavy atom. The third-order valence-electron chi connectivity index (χ3n) is 6.70. The minimum absolute atomic E-state index is 0.0425. The van der Waals surface area contributed by atoms with Gasteiger partial charge in [0.1, 0.15) is 6.61 Å². The number of anilines is 2. The van der Waals surface area contributed by atoms with Crippen molar-refractivity contribution in [3.63, 3.8) is 0 Å². The monoisotopic (exact) mass is 428 g/mol. The Morgan fingerprint density at radius 2 is 1.50 bits per heavy atom. The fraction of sp³-hybridized carbons (Fsp3) is 0.296. The second-order valence-corrected chi connectivity index (χ2v) is 8.58. The molecule has 3 aromatic rings. The highest BCUT2D eigenvalue weighted by molar-refractivity contribution is 5.90. The Balaban J connectivity index is 1.27. The number of carbonyl (C=O) groups is 1. The molecule has 0 radical (unpaired) electrons. The van der Waals surface area contributed by atoms with E-state index in [1.165, 1.54) is 22.3 Å². The number of para-hydroxylation sites is 2. The van der Waals surface area contributed by atoms with E-state index in [-0.39, 0.29) is 12.5 Å². The van der Waals surface area contributed by atoms with Gasteiger partial charge in [0.05, 0.1) is 11.4 Å². The lowest BCUT2D eigenvalue weighted by molar-refractivity contribution is 0.158. The van der Waals surface area contributed by atoms with Gasteiger partial charge in [-0.05, 0) is 53.1 Å². The molecule has 5 rings (SSSR count). The molecule has 0 saturated carbocycles. The Labute approximate surface area is 188 Å². The van der Waals surface area contributed by atoms with Crippen LogP contribution in [0.5, 0.6) is 0 Å². The zero-order valence-corrected chi connectivity index (χ0v) is 18.0. The maximum absolute atomic E-state index is 12.7. The summed E-state index contributed by atoms with van der Waals surface area (Å²) in [6.45, 7) is 2.28. The highest BCUT2D eigenvalue weighted by atomic mass is 16.5. The number of ether oxygens (including phenoxy) is 1. The topological polar surface area (TPSA) is 61.8 Å². The second kappa shape index (κ2) is 9.05. The lowest BCUT2D eigenvalue weighted by atomic mass is 9.97. The molecule has 2 aliphatic rings. The van der Waals surface area contributed by atoms with Crippen LogP contribution in [0.1, 0.15) is 29.9 Å². The van der Waals surface area contributed by atoms with Gasteiger partial charge < -0.3 is 14.7 Å². The van der Waals surface area contributed by atoms with E-state index in [0.29, 0.717) is 12.5 Å². The molecule has 0 atom stereocenters. The van der Waals surface area contributed by atoms with Crippen LogP contribution >= 0.6 is 0 Å². The summed E-state index contributed by atoms with van der Waals surface area (Å²) in [5.74, 6) is 0.411. The summed E-state index contributed by atoms with van der Waals surface area (Å²) >= 11 is 0. The van der Waals surface area contributed by atoms with E-state index in [4.69, 9.17) is 4.74 Å². The number of aliphatic hydroxyl groups is 1. The average Bonchev–Trinajstić information content (AvgIpc) is 3.17. The van der Waals surface area contributed by atoms with E-state index in [9.17, 15) is 9.90 Å². The van der Waals surface area contributed by atoms with Crippen molar-refractivity contribution in [1.82, 2.24) is 0 Å². The van der Waals surface area contributed by atoms with E-state index in [0.717, 1.165) is 37.3 Å². The number of nitrogens with one attached hydrogen (secondary N) is 1. The zero-order chi connectivity index (χ0) is 21.9. The Hall–Kier alpha value is -3.31. The molecule has 1 amide bonds. The Morgan fingerprint density at radius 3 is 2.16 bits per heavy atom. The number of amides is 1. The van der Waals surface area contributed by atoms with Crippen molar-refractivity contribution in [1.29, 1.82) is 0 Å². The summed E-state index contributed by atoms with van der Waals surface area (Å²) in [4.78, 5) is 15.0. The summed E-state index contributed by atoms with van der Waals surface area (Å²) in [5, 5.41) is 12.4. The number of hydrogen-bond acceptors (Lipinski definition) is 4. The summed E-state index contributed by atoms with van der Waals surface area (Å²) in [6.07, 6.45) is 1.47. The first kappa shape index (κ1) is 20.6. The molecular weight excluding hydrogens is 400 g/mol. The zero-order valence-electron chi connectivity index (χ0n) is 18.0. The first-order valence-corrected chi connectivity index (χ1v) is 11.3. The number of hydrogen-bond donors (Lipinski definition) is 2. The fourth-order valence-electron chi connectivity index (χ4n) is 4.96. The van der Waals surface area contributed by atoms with Gasteiger partial charge in [0.2, 0.25) is 0 Å². The summed E-state index contributed by atoms with van der Waals surface area (Å²) < 4.78 is 5.72. The number of benzene rings is 3. The van der Waals surface area contributed by atoms with Crippen molar-refractivity contribution in [2.24, 2.45) is 5.92 Å². The van der Waals surface area contributed by atoms with Crippen LogP contribution in [0.2, 0.25) is 0 Å². The molecular formula is C27H28N2O3. The van der Waals surface area contributed by atoms with Gasteiger partial charge >= 0.3 is 6.09 Å². The molecule has 0 bridgehead atoms.